The van der Waals surface area contributed by atoms with Crippen molar-refractivity contribution in [3.8, 4) is 0 Å². The van der Waals surface area contributed by atoms with E-state index in [4.69, 9.17) is 0 Å². The molecule has 1 aliphatic rings. The molecule has 78 valence electrons. The fraction of sp³-hybridized carbons (Fsp3) is 0.200. The van der Waals surface area contributed by atoms with Crippen molar-refractivity contribution >= 4 is 11.9 Å². The summed E-state index contributed by atoms with van der Waals surface area (Å²) in [6.07, 6.45) is 0. The summed E-state index contributed by atoms with van der Waals surface area (Å²) in [5.41, 5.74) is 1.03. The maximum absolute atomic E-state index is 13.4. The number of carbonyl (C=O) groups is 2. The maximum Gasteiger partial charge on any atom is 0.322 e. The number of rotatable bonds is 1. The molecular formula is C10H9FN2O2. The van der Waals surface area contributed by atoms with Crippen LogP contribution in [0.15, 0.2) is 18.2 Å². The molecule has 1 aromatic rings. The lowest BCUT2D eigenvalue weighted by Crippen LogP contribution is -2.22. The number of benzene rings is 1. The van der Waals surface area contributed by atoms with Gasteiger partial charge in [-0.1, -0.05) is 17.7 Å². The van der Waals surface area contributed by atoms with Crippen molar-refractivity contribution in [3.63, 3.8) is 0 Å². The van der Waals surface area contributed by atoms with Crippen molar-refractivity contribution in [2.75, 3.05) is 0 Å². The standard InChI is InChI=1S/C10H9FN2O2/c1-5-2-3-7(11)6(4-5)8-9(14)13-10(15)12-8/h2-4,8H,1H3,(H2,12,13,14,15). The van der Waals surface area contributed by atoms with Crippen LogP contribution >= 0.6 is 0 Å². The van der Waals surface area contributed by atoms with Crippen LogP contribution in [0.5, 0.6) is 0 Å². The van der Waals surface area contributed by atoms with Gasteiger partial charge in [-0.25, -0.2) is 9.18 Å². The maximum atomic E-state index is 13.4. The Hall–Kier alpha value is -1.91. The summed E-state index contributed by atoms with van der Waals surface area (Å²) in [7, 11) is 0. The zero-order valence-electron chi connectivity index (χ0n) is 8.00. The molecule has 1 aliphatic heterocycles. The molecule has 1 saturated heterocycles. The Balaban J connectivity index is 2.41. The molecule has 0 aromatic heterocycles. The lowest BCUT2D eigenvalue weighted by atomic mass is 10.0. The molecule has 3 amide bonds. The number of carbonyl (C=O) groups excluding carboxylic acids is 2. The molecule has 0 spiro atoms. The first-order chi connectivity index (χ1) is 7.08. The smallest absolute Gasteiger partial charge is 0.322 e. The second-order valence-corrected chi connectivity index (χ2v) is 3.42. The number of aryl methyl sites for hydroxylation is 1. The van der Waals surface area contributed by atoms with Gasteiger partial charge in [-0.05, 0) is 13.0 Å². The van der Waals surface area contributed by atoms with Crippen molar-refractivity contribution in [2.45, 2.75) is 13.0 Å². The predicted octanol–water partition coefficient (Wildman–Crippen LogP) is 1.01. The van der Waals surface area contributed by atoms with E-state index in [-0.39, 0.29) is 5.56 Å². The minimum absolute atomic E-state index is 0.193. The summed E-state index contributed by atoms with van der Waals surface area (Å²) in [6, 6.07) is 2.92. The zero-order chi connectivity index (χ0) is 11.0. The van der Waals surface area contributed by atoms with Gasteiger partial charge >= 0.3 is 6.03 Å². The van der Waals surface area contributed by atoms with Crippen molar-refractivity contribution in [2.24, 2.45) is 0 Å². The lowest BCUT2D eigenvalue weighted by Gasteiger charge is -2.09. The number of halogens is 1. The van der Waals surface area contributed by atoms with E-state index in [1.54, 1.807) is 19.1 Å². The molecule has 2 rings (SSSR count). The summed E-state index contributed by atoms with van der Waals surface area (Å²) < 4.78 is 13.4. The Morgan fingerprint density at radius 1 is 1.33 bits per heavy atom. The number of imide groups is 1. The van der Waals surface area contributed by atoms with E-state index in [9.17, 15) is 14.0 Å². The van der Waals surface area contributed by atoms with Gasteiger partial charge in [-0.15, -0.1) is 0 Å². The predicted molar refractivity (Wildman–Crippen MR) is 50.6 cm³/mol. The molecule has 0 saturated carbocycles. The minimum Gasteiger partial charge on any atom is -0.322 e. The van der Waals surface area contributed by atoms with Crippen LogP contribution in [0, 0.1) is 12.7 Å². The summed E-state index contributed by atoms with van der Waals surface area (Å²) in [6.45, 7) is 1.79. The van der Waals surface area contributed by atoms with Crippen LogP contribution in [-0.4, -0.2) is 11.9 Å². The third kappa shape index (κ3) is 1.68. The molecule has 5 heteroatoms. The van der Waals surface area contributed by atoms with E-state index in [2.05, 4.69) is 10.6 Å². The van der Waals surface area contributed by atoms with Crippen molar-refractivity contribution in [1.82, 2.24) is 10.6 Å². The van der Waals surface area contributed by atoms with Gasteiger partial charge in [0.15, 0.2) is 0 Å². The highest BCUT2D eigenvalue weighted by molar-refractivity contribution is 6.04. The van der Waals surface area contributed by atoms with Crippen LogP contribution < -0.4 is 10.6 Å². The number of urea groups is 1. The molecule has 1 unspecified atom stereocenters. The van der Waals surface area contributed by atoms with E-state index < -0.39 is 23.8 Å². The molecule has 1 heterocycles. The van der Waals surface area contributed by atoms with Crippen LogP contribution in [0.1, 0.15) is 17.2 Å². The van der Waals surface area contributed by atoms with Gasteiger partial charge in [-0.3, -0.25) is 10.1 Å². The topological polar surface area (TPSA) is 58.2 Å². The molecule has 15 heavy (non-hydrogen) atoms. The number of hydrogen-bond acceptors (Lipinski definition) is 2. The Morgan fingerprint density at radius 2 is 2.07 bits per heavy atom. The fourth-order valence-electron chi connectivity index (χ4n) is 1.52. The van der Waals surface area contributed by atoms with Gasteiger partial charge in [-0.2, -0.15) is 0 Å². The average molecular weight is 208 g/mol. The summed E-state index contributed by atoms with van der Waals surface area (Å²) in [5.74, 6) is -1.02. The molecule has 1 fully saturated rings. The van der Waals surface area contributed by atoms with Crippen LogP contribution in [0.25, 0.3) is 0 Å². The summed E-state index contributed by atoms with van der Waals surface area (Å²) >= 11 is 0. The largest absolute Gasteiger partial charge is 0.322 e. The van der Waals surface area contributed by atoms with Gasteiger partial charge in [0.25, 0.3) is 5.91 Å². The van der Waals surface area contributed by atoms with E-state index in [1.807, 2.05) is 0 Å². The molecule has 2 N–H and O–H groups in total. The summed E-state index contributed by atoms with van der Waals surface area (Å²) in [4.78, 5) is 22.2. The Kier molecular flexibility index (Phi) is 2.15. The van der Waals surface area contributed by atoms with Crippen molar-refractivity contribution in [1.29, 1.82) is 0 Å². The van der Waals surface area contributed by atoms with Gasteiger partial charge in [0.2, 0.25) is 0 Å². The van der Waals surface area contributed by atoms with Crippen LogP contribution in [-0.2, 0) is 4.79 Å². The summed E-state index contributed by atoms with van der Waals surface area (Å²) in [5, 5.41) is 4.40. The average Bonchev–Trinajstić information content (AvgIpc) is 2.50. The highest BCUT2D eigenvalue weighted by Gasteiger charge is 2.32. The van der Waals surface area contributed by atoms with Crippen LogP contribution in [0.3, 0.4) is 0 Å². The third-order valence-electron chi connectivity index (χ3n) is 2.24. The fourth-order valence-corrected chi connectivity index (χ4v) is 1.52. The van der Waals surface area contributed by atoms with Gasteiger partial charge in [0, 0.05) is 5.56 Å². The molecule has 4 nitrogen and oxygen atoms in total. The van der Waals surface area contributed by atoms with E-state index in [0.29, 0.717) is 0 Å². The van der Waals surface area contributed by atoms with Gasteiger partial charge in [0.05, 0.1) is 0 Å². The second-order valence-electron chi connectivity index (χ2n) is 3.42. The first-order valence-electron chi connectivity index (χ1n) is 4.45. The highest BCUT2D eigenvalue weighted by Crippen LogP contribution is 2.20. The molecule has 0 aliphatic carbocycles. The number of amides is 3. The Bertz CT molecular complexity index is 445. The normalized spacial score (nSPS) is 20.0. The number of hydrogen-bond donors (Lipinski definition) is 2. The van der Waals surface area contributed by atoms with E-state index >= 15 is 0 Å². The quantitative estimate of drug-likeness (QED) is 0.677. The first-order valence-corrected chi connectivity index (χ1v) is 4.45. The molecule has 0 radical (unpaired) electrons. The highest BCUT2D eigenvalue weighted by atomic mass is 19.1. The zero-order valence-corrected chi connectivity index (χ0v) is 8.00. The minimum atomic E-state index is -0.919. The Morgan fingerprint density at radius 3 is 2.67 bits per heavy atom. The first kappa shape index (κ1) is 9.64. The van der Waals surface area contributed by atoms with Crippen molar-refractivity contribution in [3.05, 3.63) is 35.1 Å². The lowest BCUT2D eigenvalue weighted by molar-refractivity contribution is -0.120. The third-order valence-corrected chi connectivity index (χ3v) is 2.24. The molecule has 0 bridgehead atoms. The van der Waals surface area contributed by atoms with Gasteiger partial charge in [0.1, 0.15) is 11.9 Å². The molecular weight excluding hydrogens is 199 g/mol. The van der Waals surface area contributed by atoms with Gasteiger partial charge < -0.3 is 5.32 Å². The van der Waals surface area contributed by atoms with Crippen LogP contribution in [0.2, 0.25) is 0 Å². The van der Waals surface area contributed by atoms with E-state index in [0.717, 1.165) is 5.56 Å². The molecule has 1 atom stereocenters. The monoisotopic (exact) mass is 208 g/mol. The SMILES string of the molecule is Cc1ccc(F)c(C2NC(=O)NC2=O)c1. The van der Waals surface area contributed by atoms with Crippen LogP contribution in [0.4, 0.5) is 9.18 Å². The number of nitrogens with one attached hydrogen (secondary N) is 2. The van der Waals surface area contributed by atoms with Crippen molar-refractivity contribution < 1.29 is 14.0 Å². The Labute approximate surface area is 85.5 Å². The molecule has 1 aromatic carbocycles. The second kappa shape index (κ2) is 3.34. The van der Waals surface area contributed by atoms with E-state index in [1.165, 1.54) is 6.07 Å².